The number of nitrogens with zero attached hydrogens (tertiary/aromatic N) is 3. The maximum atomic E-state index is 13.3. The molecule has 28 heavy (non-hydrogen) atoms. The molecule has 2 atom stereocenters. The van der Waals surface area contributed by atoms with Gasteiger partial charge in [-0.3, -0.25) is 14.8 Å². The third kappa shape index (κ3) is 3.55. The quantitative estimate of drug-likeness (QED) is 0.756. The molecule has 6 heteroatoms. The smallest absolute Gasteiger partial charge is 0.254 e. The zero-order valence-corrected chi connectivity index (χ0v) is 16.0. The van der Waals surface area contributed by atoms with Crippen LogP contribution in [0.25, 0.3) is 10.9 Å². The van der Waals surface area contributed by atoms with E-state index in [0.717, 1.165) is 28.6 Å². The van der Waals surface area contributed by atoms with Crippen LogP contribution in [-0.2, 0) is 6.42 Å². The Hall–Kier alpha value is -2.99. The lowest BCUT2D eigenvalue weighted by molar-refractivity contribution is 0.0766. The fourth-order valence-corrected chi connectivity index (χ4v) is 3.86. The highest BCUT2D eigenvalue weighted by Crippen LogP contribution is 2.27. The molecule has 0 radical (unpaired) electrons. The number of aromatic nitrogens is 2. The molecule has 1 fully saturated rings. The molecular formula is C22H23N3O3. The van der Waals surface area contributed by atoms with E-state index in [-0.39, 0.29) is 11.8 Å². The van der Waals surface area contributed by atoms with Crippen LogP contribution >= 0.6 is 0 Å². The molecule has 1 saturated heterocycles. The Kier molecular flexibility index (Phi) is 4.96. The molecule has 144 valence electrons. The first-order valence-electron chi connectivity index (χ1n) is 9.37. The standard InChI is InChI=1S/C22H23N3O3/c1-14-9-19(18-4-3-17(28-2)11-20(18)24-14)22(27)25-12-16(21(26)13-25)10-15-5-7-23-8-6-15/h3-9,11,16,21,26H,10,12-13H2,1-2H3/t16-,21+/m1/s1. The molecule has 1 aliphatic heterocycles. The molecule has 0 unspecified atom stereocenters. The molecule has 0 spiro atoms. The van der Waals surface area contributed by atoms with Crippen molar-refractivity contribution in [2.45, 2.75) is 19.4 Å². The molecule has 0 aliphatic carbocycles. The van der Waals surface area contributed by atoms with E-state index in [2.05, 4.69) is 9.97 Å². The Labute approximate surface area is 163 Å². The highest BCUT2D eigenvalue weighted by Gasteiger charge is 2.35. The predicted octanol–water partition coefficient (Wildman–Crippen LogP) is 2.62. The molecule has 1 amide bonds. The van der Waals surface area contributed by atoms with Gasteiger partial charge < -0.3 is 14.7 Å². The number of fused-ring (bicyclic) bond motifs is 1. The van der Waals surface area contributed by atoms with Crippen LogP contribution in [0.15, 0.2) is 48.8 Å². The summed E-state index contributed by atoms with van der Waals surface area (Å²) in [4.78, 5) is 23.6. The number of hydrogen-bond acceptors (Lipinski definition) is 5. The SMILES string of the molecule is COc1ccc2c(C(=O)N3C[C@@H](Cc4ccncc4)[C@@H](O)C3)cc(C)nc2c1. The van der Waals surface area contributed by atoms with E-state index in [4.69, 9.17) is 4.74 Å². The summed E-state index contributed by atoms with van der Waals surface area (Å²) in [6, 6.07) is 11.3. The van der Waals surface area contributed by atoms with Gasteiger partial charge in [-0.1, -0.05) is 0 Å². The number of benzene rings is 1. The number of rotatable bonds is 4. The van der Waals surface area contributed by atoms with Gasteiger partial charge in [-0.2, -0.15) is 0 Å². The van der Waals surface area contributed by atoms with Crippen molar-refractivity contribution in [2.75, 3.05) is 20.2 Å². The Bertz CT molecular complexity index is 1010. The maximum absolute atomic E-state index is 13.3. The second-order valence-electron chi connectivity index (χ2n) is 7.29. The topological polar surface area (TPSA) is 75.5 Å². The fraction of sp³-hybridized carbons (Fsp3) is 0.318. The van der Waals surface area contributed by atoms with Gasteiger partial charge in [0.2, 0.25) is 0 Å². The summed E-state index contributed by atoms with van der Waals surface area (Å²) in [5.74, 6) is 0.649. The molecule has 1 N–H and O–H groups in total. The molecule has 0 saturated carbocycles. The zero-order valence-electron chi connectivity index (χ0n) is 16.0. The highest BCUT2D eigenvalue weighted by atomic mass is 16.5. The van der Waals surface area contributed by atoms with E-state index in [1.54, 1.807) is 24.4 Å². The average Bonchev–Trinajstić information content (AvgIpc) is 3.07. The number of aliphatic hydroxyl groups excluding tert-OH is 1. The first-order chi connectivity index (χ1) is 13.5. The molecule has 1 aromatic carbocycles. The van der Waals surface area contributed by atoms with Crippen LogP contribution in [0, 0.1) is 12.8 Å². The molecular weight excluding hydrogens is 354 g/mol. The number of hydrogen-bond donors (Lipinski definition) is 1. The van der Waals surface area contributed by atoms with Crippen molar-refractivity contribution in [3.8, 4) is 5.75 Å². The molecule has 0 bridgehead atoms. The molecule has 6 nitrogen and oxygen atoms in total. The predicted molar refractivity (Wildman–Crippen MR) is 106 cm³/mol. The number of amides is 1. The van der Waals surface area contributed by atoms with Crippen LogP contribution in [0.2, 0.25) is 0 Å². The largest absolute Gasteiger partial charge is 0.497 e. The van der Waals surface area contributed by atoms with Gasteiger partial charge in [0.05, 0.1) is 24.3 Å². The van der Waals surface area contributed by atoms with E-state index in [1.807, 2.05) is 43.3 Å². The monoisotopic (exact) mass is 377 g/mol. The number of methoxy groups -OCH3 is 1. The van der Waals surface area contributed by atoms with E-state index in [0.29, 0.717) is 24.4 Å². The van der Waals surface area contributed by atoms with Gasteiger partial charge in [0.15, 0.2) is 0 Å². The van der Waals surface area contributed by atoms with Crippen LogP contribution < -0.4 is 4.74 Å². The molecule has 4 rings (SSSR count). The van der Waals surface area contributed by atoms with Crippen LogP contribution in [0.3, 0.4) is 0 Å². The summed E-state index contributed by atoms with van der Waals surface area (Å²) < 4.78 is 5.27. The van der Waals surface area contributed by atoms with Gasteiger partial charge in [-0.25, -0.2) is 0 Å². The minimum atomic E-state index is -0.536. The second kappa shape index (κ2) is 7.56. The van der Waals surface area contributed by atoms with Crippen molar-refractivity contribution >= 4 is 16.8 Å². The molecule has 3 heterocycles. The molecule has 2 aromatic heterocycles. The van der Waals surface area contributed by atoms with Crippen LogP contribution in [-0.4, -0.2) is 52.2 Å². The molecule has 3 aromatic rings. The lowest BCUT2D eigenvalue weighted by Crippen LogP contribution is -2.30. The van der Waals surface area contributed by atoms with Crippen molar-refractivity contribution in [3.63, 3.8) is 0 Å². The minimum Gasteiger partial charge on any atom is -0.497 e. The Morgan fingerprint density at radius 1 is 1.21 bits per heavy atom. The van der Waals surface area contributed by atoms with Gasteiger partial charge >= 0.3 is 0 Å². The number of likely N-dealkylation sites (tertiary alicyclic amines) is 1. The normalized spacial score (nSPS) is 19.2. The highest BCUT2D eigenvalue weighted by molar-refractivity contribution is 6.06. The minimum absolute atomic E-state index is 0.0145. The lowest BCUT2D eigenvalue weighted by Gasteiger charge is -2.18. The number of ether oxygens (including phenoxy) is 1. The number of carbonyl (C=O) groups is 1. The lowest BCUT2D eigenvalue weighted by atomic mass is 9.97. The summed E-state index contributed by atoms with van der Waals surface area (Å²) in [6.45, 7) is 2.75. The van der Waals surface area contributed by atoms with E-state index >= 15 is 0 Å². The third-order valence-corrected chi connectivity index (χ3v) is 5.32. The van der Waals surface area contributed by atoms with Gasteiger partial charge in [-0.05, 0) is 49.2 Å². The van der Waals surface area contributed by atoms with E-state index in [9.17, 15) is 9.90 Å². The van der Waals surface area contributed by atoms with E-state index < -0.39 is 6.10 Å². The number of β-amino-alcohol motifs (C(OH)–C–C–N with tert-alkyl or cyclic N) is 1. The van der Waals surface area contributed by atoms with Gasteiger partial charge in [0.25, 0.3) is 5.91 Å². The number of carbonyl (C=O) groups excluding carboxylic acids is 1. The van der Waals surface area contributed by atoms with Crippen molar-refractivity contribution < 1.29 is 14.6 Å². The van der Waals surface area contributed by atoms with Crippen molar-refractivity contribution in [1.82, 2.24) is 14.9 Å². The second-order valence-corrected chi connectivity index (χ2v) is 7.29. The maximum Gasteiger partial charge on any atom is 0.254 e. The molecule has 1 aliphatic rings. The fourth-order valence-electron chi connectivity index (χ4n) is 3.86. The summed E-state index contributed by atoms with van der Waals surface area (Å²) in [5, 5.41) is 11.3. The van der Waals surface area contributed by atoms with Crippen molar-refractivity contribution in [3.05, 3.63) is 65.6 Å². The van der Waals surface area contributed by atoms with Crippen LogP contribution in [0.5, 0.6) is 5.75 Å². The van der Waals surface area contributed by atoms with E-state index in [1.165, 1.54) is 0 Å². The summed E-state index contributed by atoms with van der Waals surface area (Å²) in [6.07, 6.45) is 3.69. The summed E-state index contributed by atoms with van der Waals surface area (Å²) >= 11 is 0. The average molecular weight is 377 g/mol. The summed E-state index contributed by atoms with van der Waals surface area (Å²) in [7, 11) is 1.61. The van der Waals surface area contributed by atoms with Gasteiger partial charge in [-0.15, -0.1) is 0 Å². The summed E-state index contributed by atoms with van der Waals surface area (Å²) in [5.41, 5.74) is 3.24. The zero-order chi connectivity index (χ0) is 19.7. The Balaban J connectivity index is 1.59. The number of aryl methyl sites for hydroxylation is 1. The Morgan fingerprint density at radius 2 is 2.00 bits per heavy atom. The van der Waals surface area contributed by atoms with Crippen LogP contribution in [0.1, 0.15) is 21.6 Å². The Morgan fingerprint density at radius 3 is 2.75 bits per heavy atom. The van der Waals surface area contributed by atoms with Gasteiger partial charge in [0.1, 0.15) is 5.75 Å². The van der Waals surface area contributed by atoms with Gasteiger partial charge in [0, 0.05) is 48.5 Å². The van der Waals surface area contributed by atoms with Crippen molar-refractivity contribution in [1.29, 1.82) is 0 Å². The third-order valence-electron chi connectivity index (χ3n) is 5.32. The first-order valence-corrected chi connectivity index (χ1v) is 9.37. The number of aliphatic hydroxyl groups is 1. The first kappa shape index (κ1) is 18.4. The van der Waals surface area contributed by atoms with Crippen molar-refractivity contribution in [2.24, 2.45) is 5.92 Å². The van der Waals surface area contributed by atoms with Crippen LogP contribution in [0.4, 0.5) is 0 Å². The number of pyridine rings is 2.